The summed E-state index contributed by atoms with van der Waals surface area (Å²) in [5.74, 6) is 0.0808. The maximum absolute atomic E-state index is 12.9. The molecule has 0 saturated heterocycles. The lowest BCUT2D eigenvalue weighted by Gasteiger charge is -2.29. The SMILES string of the molecule is O=C1c2cnc(Nc3cnc4cn[nH]c4c3)nc2OCN1c1c(Cl)cccc1Cl. The predicted octanol–water partition coefficient (Wildman–Crippen LogP) is 3.80. The number of H-pyrrole nitrogens is 1. The maximum Gasteiger partial charge on any atom is 0.268 e. The van der Waals surface area contributed by atoms with Crippen LogP contribution in [0.4, 0.5) is 17.3 Å². The minimum Gasteiger partial charge on any atom is -0.455 e. The van der Waals surface area contributed by atoms with Crippen molar-refractivity contribution in [2.24, 2.45) is 0 Å². The first kappa shape index (κ1) is 17.7. The van der Waals surface area contributed by atoms with E-state index in [1.807, 2.05) is 6.07 Å². The number of nitrogens with zero attached hydrogens (tertiary/aromatic N) is 5. The number of hydrogen-bond donors (Lipinski definition) is 2. The van der Waals surface area contributed by atoms with E-state index < -0.39 is 0 Å². The molecule has 0 bridgehead atoms. The fourth-order valence-corrected chi connectivity index (χ4v) is 3.56. The molecule has 1 aliphatic rings. The molecule has 0 aliphatic carbocycles. The number of aromatic amines is 1. The summed E-state index contributed by atoms with van der Waals surface area (Å²) in [6.07, 6.45) is 4.66. The van der Waals surface area contributed by atoms with E-state index in [2.05, 4.69) is 30.5 Å². The van der Waals surface area contributed by atoms with E-state index in [4.69, 9.17) is 27.9 Å². The van der Waals surface area contributed by atoms with Gasteiger partial charge in [0, 0.05) is 6.20 Å². The van der Waals surface area contributed by atoms with E-state index in [1.165, 1.54) is 11.1 Å². The summed E-state index contributed by atoms with van der Waals surface area (Å²) in [5.41, 5.74) is 2.77. The van der Waals surface area contributed by atoms with E-state index in [9.17, 15) is 4.79 Å². The van der Waals surface area contributed by atoms with Gasteiger partial charge in [0.05, 0.1) is 39.3 Å². The molecule has 0 fully saturated rings. The van der Waals surface area contributed by atoms with Crippen LogP contribution in [-0.2, 0) is 0 Å². The highest BCUT2D eigenvalue weighted by molar-refractivity contribution is 6.40. The van der Waals surface area contributed by atoms with Crippen LogP contribution in [0.5, 0.6) is 5.88 Å². The molecule has 4 heterocycles. The van der Waals surface area contributed by atoms with Crippen molar-refractivity contribution in [3.8, 4) is 5.88 Å². The minimum atomic E-state index is -0.353. The number of para-hydroxylation sites is 1. The van der Waals surface area contributed by atoms with Crippen LogP contribution in [0.3, 0.4) is 0 Å². The standard InChI is InChI=1S/C18H11Cl2N7O2/c19-11-2-1-3-12(20)15(11)27-8-29-16-10(17(27)28)6-22-18(25-16)24-9-4-13-14(21-5-9)7-23-26-13/h1-7H,8H2,(H,23,26)(H,22,24,25). The van der Waals surface area contributed by atoms with Crippen LogP contribution in [0.25, 0.3) is 11.0 Å². The van der Waals surface area contributed by atoms with Crippen LogP contribution in [0.15, 0.2) is 42.9 Å². The van der Waals surface area contributed by atoms with Gasteiger partial charge in [-0.15, -0.1) is 0 Å². The summed E-state index contributed by atoms with van der Waals surface area (Å²) in [5, 5.41) is 10.5. The molecular formula is C18H11Cl2N7O2. The van der Waals surface area contributed by atoms with Crippen molar-refractivity contribution in [1.29, 1.82) is 0 Å². The van der Waals surface area contributed by atoms with Gasteiger partial charge in [0.15, 0.2) is 6.73 Å². The molecule has 144 valence electrons. The number of aromatic nitrogens is 5. The lowest BCUT2D eigenvalue weighted by atomic mass is 10.2. The van der Waals surface area contributed by atoms with Gasteiger partial charge in [-0.05, 0) is 18.2 Å². The lowest BCUT2D eigenvalue weighted by molar-refractivity contribution is 0.0932. The number of nitrogens with one attached hydrogen (secondary N) is 2. The molecule has 0 unspecified atom stereocenters. The number of ether oxygens (including phenoxy) is 1. The Morgan fingerprint density at radius 3 is 2.79 bits per heavy atom. The van der Waals surface area contributed by atoms with Crippen LogP contribution in [0.2, 0.25) is 10.0 Å². The smallest absolute Gasteiger partial charge is 0.268 e. The lowest BCUT2D eigenvalue weighted by Crippen LogP contribution is -2.39. The maximum atomic E-state index is 12.9. The Balaban J connectivity index is 1.43. The van der Waals surface area contributed by atoms with Crippen molar-refractivity contribution in [2.45, 2.75) is 0 Å². The van der Waals surface area contributed by atoms with Gasteiger partial charge in [0.25, 0.3) is 5.91 Å². The van der Waals surface area contributed by atoms with E-state index in [-0.39, 0.29) is 30.0 Å². The molecule has 2 N–H and O–H groups in total. The Morgan fingerprint density at radius 2 is 1.97 bits per heavy atom. The number of carbonyl (C=O) groups is 1. The largest absolute Gasteiger partial charge is 0.455 e. The Morgan fingerprint density at radius 1 is 1.14 bits per heavy atom. The van der Waals surface area contributed by atoms with Crippen LogP contribution < -0.4 is 15.0 Å². The number of carbonyl (C=O) groups excluding carboxylic acids is 1. The number of fused-ring (bicyclic) bond motifs is 2. The molecule has 29 heavy (non-hydrogen) atoms. The molecule has 9 nitrogen and oxygen atoms in total. The summed E-state index contributed by atoms with van der Waals surface area (Å²) in [6.45, 7) is -0.0760. The topological polar surface area (TPSA) is 109 Å². The van der Waals surface area contributed by atoms with Crippen LogP contribution in [0.1, 0.15) is 10.4 Å². The molecular weight excluding hydrogens is 417 g/mol. The zero-order chi connectivity index (χ0) is 20.0. The molecule has 1 aliphatic heterocycles. The number of amides is 1. The molecule has 0 spiro atoms. The molecule has 11 heteroatoms. The summed E-state index contributed by atoms with van der Waals surface area (Å²) in [4.78, 5) is 27.0. The Labute approximate surface area is 173 Å². The summed E-state index contributed by atoms with van der Waals surface area (Å²) in [6, 6.07) is 6.83. The number of hydrogen-bond acceptors (Lipinski definition) is 7. The van der Waals surface area contributed by atoms with Crippen molar-refractivity contribution < 1.29 is 9.53 Å². The third-order valence-electron chi connectivity index (χ3n) is 4.31. The zero-order valence-electron chi connectivity index (χ0n) is 14.6. The normalized spacial score (nSPS) is 13.3. The number of halogens is 2. The van der Waals surface area contributed by atoms with Crippen molar-refractivity contribution in [1.82, 2.24) is 25.1 Å². The Hall–Kier alpha value is -3.43. The molecule has 1 amide bonds. The minimum absolute atomic E-state index is 0.0760. The van der Waals surface area contributed by atoms with Gasteiger partial charge >= 0.3 is 0 Å². The van der Waals surface area contributed by atoms with E-state index in [0.29, 0.717) is 21.4 Å². The average molecular weight is 428 g/mol. The average Bonchev–Trinajstić information content (AvgIpc) is 3.17. The van der Waals surface area contributed by atoms with Gasteiger partial charge in [0.1, 0.15) is 11.1 Å². The second-order valence-electron chi connectivity index (χ2n) is 6.14. The van der Waals surface area contributed by atoms with Crippen LogP contribution in [-0.4, -0.2) is 37.8 Å². The first-order chi connectivity index (χ1) is 14.1. The van der Waals surface area contributed by atoms with Gasteiger partial charge in [-0.1, -0.05) is 29.3 Å². The first-order valence-electron chi connectivity index (χ1n) is 8.42. The van der Waals surface area contributed by atoms with E-state index in [0.717, 1.165) is 11.0 Å². The predicted molar refractivity (Wildman–Crippen MR) is 108 cm³/mol. The molecule has 5 rings (SSSR count). The van der Waals surface area contributed by atoms with E-state index >= 15 is 0 Å². The van der Waals surface area contributed by atoms with Gasteiger partial charge in [-0.2, -0.15) is 10.1 Å². The van der Waals surface area contributed by atoms with Crippen molar-refractivity contribution >= 4 is 57.5 Å². The Kier molecular flexibility index (Phi) is 4.18. The molecule has 0 saturated carbocycles. The molecule has 4 aromatic rings. The van der Waals surface area contributed by atoms with Gasteiger partial charge in [-0.25, -0.2) is 4.98 Å². The summed E-state index contributed by atoms with van der Waals surface area (Å²) >= 11 is 12.4. The molecule has 0 radical (unpaired) electrons. The first-order valence-corrected chi connectivity index (χ1v) is 9.17. The van der Waals surface area contributed by atoms with Crippen LogP contribution >= 0.6 is 23.2 Å². The highest BCUT2D eigenvalue weighted by atomic mass is 35.5. The summed E-state index contributed by atoms with van der Waals surface area (Å²) < 4.78 is 5.67. The van der Waals surface area contributed by atoms with E-state index in [1.54, 1.807) is 30.6 Å². The Bertz CT molecular complexity index is 1240. The second kappa shape index (κ2) is 6.87. The highest BCUT2D eigenvalue weighted by Crippen LogP contribution is 2.37. The van der Waals surface area contributed by atoms with Crippen LogP contribution in [0, 0.1) is 0 Å². The second-order valence-corrected chi connectivity index (χ2v) is 6.96. The monoisotopic (exact) mass is 427 g/mol. The quantitative estimate of drug-likeness (QED) is 0.511. The van der Waals surface area contributed by atoms with Gasteiger partial charge < -0.3 is 10.1 Å². The highest BCUT2D eigenvalue weighted by Gasteiger charge is 2.31. The third kappa shape index (κ3) is 3.10. The van der Waals surface area contributed by atoms with Gasteiger partial charge in [-0.3, -0.25) is 19.8 Å². The van der Waals surface area contributed by atoms with Gasteiger partial charge in [0.2, 0.25) is 11.8 Å². The fourth-order valence-electron chi connectivity index (χ4n) is 2.95. The molecule has 1 aromatic carbocycles. The van der Waals surface area contributed by atoms with Crippen molar-refractivity contribution in [3.05, 3.63) is 58.5 Å². The third-order valence-corrected chi connectivity index (χ3v) is 4.92. The van der Waals surface area contributed by atoms with Crippen molar-refractivity contribution in [2.75, 3.05) is 16.9 Å². The number of benzene rings is 1. The summed E-state index contributed by atoms with van der Waals surface area (Å²) in [7, 11) is 0. The van der Waals surface area contributed by atoms with Crippen molar-refractivity contribution in [3.63, 3.8) is 0 Å². The number of rotatable bonds is 3. The zero-order valence-corrected chi connectivity index (χ0v) is 16.1. The fraction of sp³-hybridized carbons (Fsp3) is 0.0556. The number of pyridine rings is 1. The number of anilines is 3. The molecule has 0 atom stereocenters. The molecule has 3 aromatic heterocycles.